The lowest BCUT2D eigenvalue weighted by atomic mass is 9.85. The van der Waals surface area contributed by atoms with Crippen LogP contribution in [0, 0.1) is 17.8 Å². The van der Waals surface area contributed by atoms with Gasteiger partial charge in [0, 0.05) is 70.0 Å². The number of nitrogens with one attached hydrogen (secondary N) is 2. The zero-order valence-corrected chi connectivity index (χ0v) is 26.8. The average molecular weight is 607 g/mol. The van der Waals surface area contributed by atoms with E-state index >= 15 is 0 Å². The van der Waals surface area contributed by atoms with Crippen LogP contribution >= 0.6 is 0 Å². The van der Waals surface area contributed by atoms with Crippen LogP contribution < -0.4 is 20.1 Å². The van der Waals surface area contributed by atoms with E-state index in [-0.39, 0.29) is 35.9 Å². The van der Waals surface area contributed by atoms with Gasteiger partial charge in [-0.3, -0.25) is 4.79 Å². The lowest BCUT2D eigenvalue weighted by Gasteiger charge is -2.35. The second-order valence-corrected chi connectivity index (χ2v) is 12.9. The van der Waals surface area contributed by atoms with Gasteiger partial charge in [0.2, 0.25) is 0 Å². The Morgan fingerprint density at radius 3 is 2.41 bits per heavy atom. The molecule has 0 radical (unpaired) electrons. The fourth-order valence-corrected chi connectivity index (χ4v) is 6.42. The average Bonchev–Trinajstić information content (AvgIpc) is 3.98. The molecule has 0 aromatic heterocycles. The van der Waals surface area contributed by atoms with E-state index in [1.807, 2.05) is 34.1 Å². The van der Waals surface area contributed by atoms with Crippen LogP contribution in [0.5, 0.6) is 11.5 Å². The van der Waals surface area contributed by atoms with Gasteiger partial charge in [0.1, 0.15) is 0 Å². The van der Waals surface area contributed by atoms with Crippen LogP contribution in [0.2, 0.25) is 0 Å². The molecule has 5 rings (SSSR count). The van der Waals surface area contributed by atoms with E-state index in [1.165, 1.54) is 0 Å². The minimum absolute atomic E-state index is 0.0159. The second-order valence-electron chi connectivity index (χ2n) is 12.9. The number of nitrogens with zero attached hydrogens (tertiary/aromatic N) is 2. The molecular formula is C35H50N4O5. The first-order valence-corrected chi connectivity index (χ1v) is 16.3. The first-order valence-electron chi connectivity index (χ1n) is 16.3. The van der Waals surface area contributed by atoms with Gasteiger partial charge in [-0.15, -0.1) is 0 Å². The molecule has 3 fully saturated rings. The number of rotatable bonds is 16. The predicted molar refractivity (Wildman–Crippen MR) is 171 cm³/mol. The fraction of sp³-hybridized carbons (Fsp3) is 0.600. The van der Waals surface area contributed by atoms with Crippen molar-refractivity contribution in [3.05, 3.63) is 59.7 Å². The summed E-state index contributed by atoms with van der Waals surface area (Å²) in [5.74, 6) is 2.13. The molecule has 3 aliphatic rings. The number of carbonyl (C=O) groups excluding carboxylic acids is 2. The van der Waals surface area contributed by atoms with Gasteiger partial charge in [-0.05, 0) is 81.0 Å². The Kier molecular flexibility index (Phi) is 11.0. The van der Waals surface area contributed by atoms with Crippen molar-refractivity contribution in [3.8, 4) is 11.5 Å². The third-order valence-corrected chi connectivity index (χ3v) is 9.19. The molecule has 2 aromatic rings. The normalized spacial score (nSPS) is 20.3. The zero-order valence-electron chi connectivity index (χ0n) is 26.8. The summed E-state index contributed by atoms with van der Waals surface area (Å²) in [5, 5.41) is 7.10. The van der Waals surface area contributed by atoms with Crippen molar-refractivity contribution in [2.45, 2.75) is 70.6 Å². The number of methoxy groups -OCH3 is 2. The lowest BCUT2D eigenvalue weighted by molar-refractivity contribution is 0.0649. The molecule has 240 valence electrons. The van der Waals surface area contributed by atoms with Crippen LogP contribution in [0.3, 0.4) is 0 Å². The molecule has 2 N–H and O–H groups in total. The summed E-state index contributed by atoms with van der Waals surface area (Å²) in [7, 11) is 3.27. The van der Waals surface area contributed by atoms with Crippen molar-refractivity contribution in [2.24, 2.45) is 17.8 Å². The number of benzene rings is 2. The molecule has 3 atom stereocenters. The van der Waals surface area contributed by atoms with E-state index in [2.05, 4.69) is 36.6 Å². The van der Waals surface area contributed by atoms with E-state index in [1.54, 1.807) is 26.4 Å². The topological polar surface area (TPSA) is 92.4 Å². The molecule has 3 amide bonds. The molecule has 2 aliphatic carbocycles. The number of hydrogen-bond acceptors (Lipinski definition) is 6. The molecular weight excluding hydrogens is 556 g/mol. The SMILES string of the molecule is COCCCOc1cc(C(=O)N(C[C@@H]2CNC[C@H]2C(NC(=O)N(Cc2ccccc2)C2CC2)C2CC2)C(C)C)ccc1OC. The van der Waals surface area contributed by atoms with E-state index in [9.17, 15) is 9.59 Å². The highest BCUT2D eigenvalue weighted by Crippen LogP contribution is 2.40. The lowest BCUT2D eigenvalue weighted by Crippen LogP contribution is -2.52. The van der Waals surface area contributed by atoms with Crippen molar-refractivity contribution < 1.29 is 23.8 Å². The standard InChI is InChI=1S/C35H50N4O5/c1-24(2)38(34(40)27-13-16-31(43-4)32(19-27)44-18-8-17-42-3)23-28-20-36-21-30(28)33(26-11-12-26)37-35(41)39(29-14-15-29)22-25-9-6-5-7-10-25/h5-7,9-10,13,16,19,24,26,28-30,33,36H,8,11-12,14-15,17-18,20-23H2,1-4H3,(H,37,41)/t28-,30+,33?/m0/s1. The van der Waals surface area contributed by atoms with Crippen molar-refractivity contribution in [1.82, 2.24) is 20.4 Å². The molecule has 1 saturated heterocycles. The Hall–Kier alpha value is -3.30. The van der Waals surface area contributed by atoms with E-state index in [0.717, 1.165) is 50.8 Å². The van der Waals surface area contributed by atoms with Gasteiger partial charge in [0.05, 0.1) is 13.7 Å². The Morgan fingerprint density at radius 2 is 1.75 bits per heavy atom. The molecule has 1 unspecified atom stereocenters. The maximum absolute atomic E-state index is 14.0. The quantitative estimate of drug-likeness (QED) is 0.263. The van der Waals surface area contributed by atoms with Gasteiger partial charge in [0.15, 0.2) is 11.5 Å². The molecule has 44 heavy (non-hydrogen) atoms. The zero-order chi connectivity index (χ0) is 31.1. The summed E-state index contributed by atoms with van der Waals surface area (Å²) < 4.78 is 16.6. The Bertz CT molecular complexity index is 1230. The van der Waals surface area contributed by atoms with Crippen LogP contribution in [-0.2, 0) is 11.3 Å². The highest BCUT2D eigenvalue weighted by Gasteiger charge is 2.45. The van der Waals surface area contributed by atoms with Crippen LogP contribution in [0.1, 0.15) is 61.9 Å². The van der Waals surface area contributed by atoms with Crippen LogP contribution in [0.4, 0.5) is 4.79 Å². The van der Waals surface area contributed by atoms with Gasteiger partial charge in [-0.1, -0.05) is 30.3 Å². The first-order chi connectivity index (χ1) is 21.4. The van der Waals surface area contributed by atoms with Crippen LogP contribution in [-0.4, -0.2) is 86.9 Å². The smallest absolute Gasteiger partial charge is 0.318 e. The first kappa shape index (κ1) is 32.1. The number of amides is 3. The fourth-order valence-electron chi connectivity index (χ4n) is 6.42. The molecule has 9 heteroatoms. The van der Waals surface area contributed by atoms with Crippen molar-refractivity contribution in [3.63, 3.8) is 0 Å². The number of carbonyl (C=O) groups is 2. The van der Waals surface area contributed by atoms with Gasteiger partial charge < -0.3 is 34.6 Å². The number of urea groups is 1. The summed E-state index contributed by atoms with van der Waals surface area (Å²) >= 11 is 0. The summed E-state index contributed by atoms with van der Waals surface area (Å²) in [6.07, 6.45) is 5.16. The van der Waals surface area contributed by atoms with Gasteiger partial charge in [-0.25, -0.2) is 4.79 Å². The largest absolute Gasteiger partial charge is 0.493 e. The van der Waals surface area contributed by atoms with Crippen LogP contribution in [0.15, 0.2) is 48.5 Å². The predicted octanol–water partition coefficient (Wildman–Crippen LogP) is 4.95. The number of hydrogen-bond donors (Lipinski definition) is 2. The van der Waals surface area contributed by atoms with Gasteiger partial charge >= 0.3 is 6.03 Å². The summed E-state index contributed by atoms with van der Waals surface area (Å²) in [6, 6.07) is 16.1. The van der Waals surface area contributed by atoms with Gasteiger partial charge in [0.25, 0.3) is 5.91 Å². The van der Waals surface area contributed by atoms with Gasteiger partial charge in [-0.2, -0.15) is 0 Å². The van der Waals surface area contributed by atoms with E-state index in [0.29, 0.717) is 55.3 Å². The Labute approximate surface area is 262 Å². The molecule has 1 aliphatic heterocycles. The highest BCUT2D eigenvalue weighted by atomic mass is 16.5. The summed E-state index contributed by atoms with van der Waals surface area (Å²) in [6.45, 7) is 8.14. The molecule has 2 aromatic carbocycles. The molecule has 1 heterocycles. The Balaban J connectivity index is 1.27. The molecule has 2 saturated carbocycles. The minimum Gasteiger partial charge on any atom is -0.493 e. The summed E-state index contributed by atoms with van der Waals surface area (Å²) in [4.78, 5) is 31.7. The van der Waals surface area contributed by atoms with Crippen molar-refractivity contribution in [2.75, 3.05) is 47.1 Å². The van der Waals surface area contributed by atoms with Crippen LogP contribution in [0.25, 0.3) is 0 Å². The third kappa shape index (κ3) is 8.24. The monoisotopic (exact) mass is 606 g/mol. The van der Waals surface area contributed by atoms with Crippen molar-refractivity contribution >= 4 is 11.9 Å². The maximum atomic E-state index is 14.0. The molecule has 9 nitrogen and oxygen atoms in total. The maximum Gasteiger partial charge on any atom is 0.318 e. The highest BCUT2D eigenvalue weighted by molar-refractivity contribution is 5.95. The molecule has 0 bridgehead atoms. The van der Waals surface area contributed by atoms with E-state index in [4.69, 9.17) is 14.2 Å². The molecule has 0 spiro atoms. The minimum atomic E-state index is -0.0233. The third-order valence-electron chi connectivity index (χ3n) is 9.19. The Morgan fingerprint density at radius 1 is 0.977 bits per heavy atom. The number of ether oxygens (including phenoxy) is 3. The van der Waals surface area contributed by atoms with Crippen molar-refractivity contribution in [1.29, 1.82) is 0 Å². The second kappa shape index (κ2) is 15.1. The van der Waals surface area contributed by atoms with E-state index < -0.39 is 0 Å². The summed E-state index contributed by atoms with van der Waals surface area (Å²) in [5.41, 5.74) is 1.74.